The summed E-state index contributed by atoms with van der Waals surface area (Å²) >= 11 is 0. The van der Waals surface area contributed by atoms with Gasteiger partial charge >= 0.3 is 0 Å². The Bertz CT molecular complexity index is 1420. The Morgan fingerprint density at radius 3 is 2.18 bits per heavy atom. The van der Waals surface area contributed by atoms with Crippen molar-refractivity contribution in [1.29, 1.82) is 0 Å². The van der Waals surface area contributed by atoms with Crippen molar-refractivity contribution in [2.75, 3.05) is 30.0 Å². The molecule has 0 spiro atoms. The quantitative estimate of drug-likeness (QED) is 0.225. The number of Topliss-reactive ketones (excluding diaryl/α,β-unsaturated/α-hetero) is 1. The van der Waals surface area contributed by atoms with Crippen molar-refractivity contribution in [3.05, 3.63) is 93.6 Å². The van der Waals surface area contributed by atoms with E-state index in [1.807, 2.05) is 76.2 Å². The van der Waals surface area contributed by atoms with Crippen molar-refractivity contribution >= 4 is 28.8 Å². The zero-order valence-electron chi connectivity index (χ0n) is 23.3. The van der Waals surface area contributed by atoms with Crippen LogP contribution in [0.2, 0.25) is 0 Å². The molecule has 0 saturated carbocycles. The van der Waals surface area contributed by atoms with Gasteiger partial charge in [0.2, 0.25) is 0 Å². The molecule has 6 heteroatoms. The normalized spacial score (nSPS) is 16.7. The van der Waals surface area contributed by atoms with Crippen LogP contribution in [0.3, 0.4) is 0 Å². The van der Waals surface area contributed by atoms with Crippen LogP contribution in [-0.2, 0) is 9.59 Å². The molecule has 1 aliphatic rings. The Kier molecular flexibility index (Phi) is 7.63. The SMILES string of the molecule is CCN(CC)c1ccc(C2/C(=C(\O)c3cc(C)c(OC)cc3C)C(=O)C(=O)N2c2cccc(C)c2C)cc1. The van der Waals surface area contributed by atoms with E-state index >= 15 is 0 Å². The molecule has 3 aromatic carbocycles. The minimum atomic E-state index is -0.775. The molecule has 6 nitrogen and oxygen atoms in total. The van der Waals surface area contributed by atoms with Gasteiger partial charge in [-0.1, -0.05) is 24.3 Å². The molecule has 4 rings (SSSR count). The van der Waals surface area contributed by atoms with E-state index in [-0.39, 0.29) is 11.3 Å². The Morgan fingerprint density at radius 2 is 1.58 bits per heavy atom. The fourth-order valence-corrected chi connectivity index (χ4v) is 5.26. The Morgan fingerprint density at radius 1 is 0.921 bits per heavy atom. The Balaban J connectivity index is 1.97. The summed E-state index contributed by atoms with van der Waals surface area (Å²) in [6.45, 7) is 13.6. The first-order valence-electron chi connectivity index (χ1n) is 13.0. The van der Waals surface area contributed by atoms with Crippen LogP contribution >= 0.6 is 0 Å². The number of ketones is 1. The molecule has 1 fully saturated rings. The number of nitrogens with zero attached hydrogens (tertiary/aromatic N) is 2. The summed E-state index contributed by atoms with van der Waals surface area (Å²) in [4.78, 5) is 31.0. The summed E-state index contributed by atoms with van der Waals surface area (Å²) in [5.74, 6) is -0.842. The van der Waals surface area contributed by atoms with Crippen LogP contribution in [0.1, 0.15) is 53.3 Å². The van der Waals surface area contributed by atoms with Gasteiger partial charge in [-0.15, -0.1) is 0 Å². The maximum absolute atomic E-state index is 13.6. The number of ether oxygens (including phenoxy) is 1. The van der Waals surface area contributed by atoms with Gasteiger partial charge in [0.05, 0.1) is 18.7 Å². The lowest BCUT2D eigenvalue weighted by Crippen LogP contribution is -2.30. The molecule has 1 atom stereocenters. The van der Waals surface area contributed by atoms with Gasteiger partial charge in [-0.05, 0) is 99.7 Å². The third-order valence-electron chi connectivity index (χ3n) is 7.61. The van der Waals surface area contributed by atoms with Crippen LogP contribution in [0, 0.1) is 27.7 Å². The van der Waals surface area contributed by atoms with Crippen molar-refractivity contribution in [2.24, 2.45) is 0 Å². The lowest BCUT2D eigenvalue weighted by molar-refractivity contribution is -0.132. The molecule has 38 heavy (non-hydrogen) atoms. The second-order valence-corrected chi connectivity index (χ2v) is 9.79. The summed E-state index contributed by atoms with van der Waals surface area (Å²) in [6.07, 6.45) is 0. The largest absolute Gasteiger partial charge is 0.507 e. The number of methoxy groups -OCH3 is 1. The van der Waals surface area contributed by atoms with Crippen molar-refractivity contribution in [1.82, 2.24) is 0 Å². The number of carbonyl (C=O) groups excluding carboxylic acids is 2. The molecule has 1 N–H and O–H groups in total. The molecule has 0 aromatic heterocycles. The van der Waals surface area contributed by atoms with Crippen molar-refractivity contribution in [3.8, 4) is 5.75 Å². The third-order valence-corrected chi connectivity index (χ3v) is 7.61. The van der Waals surface area contributed by atoms with Crippen LogP contribution in [0.4, 0.5) is 11.4 Å². The van der Waals surface area contributed by atoms with E-state index in [4.69, 9.17) is 4.74 Å². The van der Waals surface area contributed by atoms with Crippen molar-refractivity contribution in [2.45, 2.75) is 47.6 Å². The van der Waals surface area contributed by atoms with Gasteiger partial charge in [-0.3, -0.25) is 14.5 Å². The molecular weight excluding hydrogens is 476 g/mol. The Hall–Kier alpha value is -4.06. The second-order valence-electron chi connectivity index (χ2n) is 9.79. The number of aryl methyl sites for hydroxylation is 3. The number of anilines is 2. The third kappa shape index (κ3) is 4.55. The average Bonchev–Trinajstić information content (AvgIpc) is 3.17. The van der Waals surface area contributed by atoms with Crippen LogP contribution < -0.4 is 14.5 Å². The maximum Gasteiger partial charge on any atom is 0.300 e. The molecule has 1 unspecified atom stereocenters. The first-order chi connectivity index (χ1) is 18.1. The van der Waals surface area contributed by atoms with E-state index in [2.05, 4.69) is 18.7 Å². The number of rotatable bonds is 7. The van der Waals surface area contributed by atoms with Crippen LogP contribution in [-0.4, -0.2) is 37.0 Å². The monoisotopic (exact) mass is 512 g/mol. The smallest absolute Gasteiger partial charge is 0.300 e. The average molecular weight is 513 g/mol. The molecule has 1 heterocycles. The van der Waals surface area contributed by atoms with E-state index < -0.39 is 17.7 Å². The fraction of sp³-hybridized carbons (Fsp3) is 0.312. The maximum atomic E-state index is 13.6. The molecule has 1 saturated heterocycles. The van der Waals surface area contributed by atoms with Crippen LogP contribution in [0.25, 0.3) is 5.76 Å². The highest BCUT2D eigenvalue weighted by atomic mass is 16.5. The molecule has 0 aliphatic carbocycles. The highest BCUT2D eigenvalue weighted by Crippen LogP contribution is 2.44. The molecule has 0 bridgehead atoms. The zero-order valence-corrected chi connectivity index (χ0v) is 23.3. The van der Waals surface area contributed by atoms with E-state index in [9.17, 15) is 14.7 Å². The van der Waals surface area contributed by atoms with E-state index in [1.165, 1.54) is 4.90 Å². The summed E-state index contributed by atoms with van der Waals surface area (Å²) in [7, 11) is 1.60. The van der Waals surface area contributed by atoms with Gasteiger partial charge in [0.15, 0.2) is 0 Å². The van der Waals surface area contributed by atoms with E-state index in [0.717, 1.165) is 46.6 Å². The first kappa shape index (κ1) is 27.0. The van der Waals surface area contributed by atoms with E-state index in [0.29, 0.717) is 17.0 Å². The predicted molar refractivity (Wildman–Crippen MR) is 153 cm³/mol. The van der Waals surface area contributed by atoms with Gasteiger partial charge < -0.3 is 14.7 Å². The minimum Gasteiger partial charge on any atom is -0.507 e. The van der Waals surface area contributed by atoms with E-state index in [1.54, 1.807) is 13.2 Å². The highest BCUT2D eigenvalue weighted by Gasteiger charge is 2.47. The standard InChI is InChI=1S/C32H36N2O4/c1-8-33(9-2)24-15-13-23(14-16-24)29-28(30(35)25-17-21(5)27(38-7)18-20(25)4)31(36)32(37)34(29)26-12-10-11-19(3)22(26)6/h10-18,29,35H,8-9H2,1-7H3/b30-28+. The molecule has 0 radical (unpaired) electrons. The Labute approximate surface area is 225 Å². The lowest BCUT2D eigenvalue weighted by Gasteiger charge is -2.28. The number of amides is 1. The number of hydrogen-bond donors (Lipinski definition) is 1. The van der Waals surface area contributed by atoms with Crippen LogP contribution in [0.5, 0.6) is 5.75 Å². The van der Waals surface area contributed by atoms with Gasteiger partial charge in [-0.2, -0.15) is 0 Å². The van der Waals surface area contributed by atoms with Crippen molar-refractivity contribution in [3.63, 3.8) is 0 Å². The topological polar surface area (TPSA) is 70.1 Å². The fourth-order valence-electron chi connectivity index (χ4n) is 5.26. The first-order valence-corrected chi connectivity index (χ1v) is 13.0. The van der Waals surface area contributed by atoms with Gasteiger partial charge in [0.25, 0.3) is 11.7 Å². The second kappa shape index (κ2) is 10.7. The number of hydrogen-bond acceptors (Lipinski definition) is 5. The summed E-state index contributed by atoms with van der Waals surface area (Å²) in [5.41, 5.74) is 6.56. The van der Waals surface area contributed by atoms with Gasteiger partial charge in [0.1, 0.15) is 11.5 Å². The number of carbonyl (C=O) groups is 2. The zero-order chi connectivity index (χ0) is 27.7. The molecule has 1 aliphatic heterocycles. The van der Waals surface area contributed by atoms with Gasteiger partial charge in [0, 0.05) is 30.0 Å². The highest BCUT2D eigenvalue weighted by molar-refractivity contribution is 6.51. The number of benzene rings is 3. The molecule has 3 aromatic rings. The van der Waals surface area contributed by atoms with Crippen molar-refractivity contribution < 1.29 is 19.4 Å². The predicted octanol–water partition coefficient (Wildman–Crippen LogP) is 6.40. The molecular formula is C32H36N2O4. The van der Waals surface area contributed by atoms with Crippen LogP contribution in [0.15, 0.2) is 60.2 Å². The number of aliphatic hydroxyl groups excluding tert-OH is 1. The minimum absolute atomic E-state index is 0.0826. The molecule has 198 valence electrons. The summed E-state index contributed by atoms with van der Waals surface area (Å²) < 4.78 is 5.43. The van der Waals surface area contributed by atoms with Gasteiger partial charge in [-0.25, -0.2) is 0 Å². The summed E-state index contributed by atoms with van der Waals surface area (Å²) in [6, 6.07) is 16.5. The summed E-state index contributed by atoms with van der Waals surface area (Å²) in [5, 5.41) is 11.6. The molecule has 1 amide bonds. The lowest BCUT2D eigenvalue weighted by atomic mass is 9.92. The number of aliphatic hydroxyl groups is 1.